The monoisotopic (exact) mass is 458 g/mol. The highest BCUT2D eigenvalue weighted by Gasteiger charge is 2.30. The Balaban J connectivity index is 2.03. The van der Waals surface area contributed by atoms with Crippen molar-refractivity contribution in [3.63, 3.8) is 0 Å². The Hall–Kier alpha value is -2.43. The van der Waals surface area contributed by atoms with Crippen LogP contribution in [0.5, 0.6) is 0 Å². The molecule has 2 rings (SSSR count). The minimum absolute atomic E-state index is 0.0607. The van der Waals surface area contributed by atoms with Crippen LogP contribution < -0.4 is 10.0 Å². The van der Waals surface area contributed by atoms with Crippen molar-refractivity contribution >= 4 is 15.9 Å². The SMILES string of the molecule is CC(C)(C)c1ccc(S(=O)(=O)N[C@@H](CO)C(=O)NCc2ccc(C(F)(F)F)cc2)cc1. The van der Waals surface area contributed by atoms with Crippen LogP contribution in [0.15, 0.2) is 53.4 Å². The molecule has 1 atom stereocenters. The van der Waals surface area contributed by atoms with Gasteiger partial charge in [0.25, 0.3) is 0 Å². The molecule has 10 heteroatoms. The second kappa shape index (κ2) is 9.37. The van der Waals surface area contributed by atoms with Gasteiger partial charge < -0.3 is 10.4 Å². The number of alkyl halides is 3. The fourth-order valence-corrected chi connectivity index (χ4v) is 3.87. The van der Waals surface area contributed by atoms with E-state index in [1.54, 1.807) is 12.1 Å². The van der Waals surface area contributed by atoms with Gasteiger partial charge in [0.05, 0.1) is 17.1 Å². The molecule has 0 aliphatic carbocycles. The van der Waals surface area contributed by atoms with Crippen LogP contribution >= 0.6 is 0 Å². The molecule has 0 aliphatic rings. The van der Waals surface area contributed by atoms with Gasteiger partial charge in [-0.15, -0.1) is 0 Å². The first kappa shape index (κ1) is 24.8. The van der Waals surface area contributed by atoms with Gasteiger partial charge in [-0.25, -0.2) is 8.42 Å². The number of sulfonamides is 1. The van der Waals surface area contributed by atoms with Gasteiger partial charge in [-0.05, 0) is 40.8 Å². The highest BCUT2D eigenvalue weighted by atomic mass is 32.2. The van der Waals surface area contributed by atoms with Crippen molar-refractivity contribution in [3.05, 3.63) is 65.2 Å². The molecule has 1 amide bonds. The van der Waals surface area contributed by atoms with E-state index in [2.05, 4.69) is 10.0 Å². The molecule has 0 radical (unpaired) electrons. The lowest BCUT2D eigenvalue weighted by Gasteiger charge is -2.20. The number of nitrogens with one attached hydrogen (secondary N) is 2. The summed E-state index contributed by atoms with van der Waals surface area (Å²) in [4.78, 5) is 12.2. The first-order valence-electron chi connectivity index (χ1n) is 9.41. The molecular formula is C21H25F3N2O4S. The van der Waals surface area contributed by atoms with Crippen LogP contribution in [0.4, 0.5) is 13.2 Å². The Labute approximate surface area is 179 Å². The number of rotatable bonds is 7. The normalized spacial score (nSPS) is 13.6. The predicted molar refractivity (Wildman–Crippen MR) is 110 cm³/mol. The molecule has 170 valence electrons. The summed E-state index contributed by atoms with van der Waals surface area (Å²) in [6.07, 6.45) is -4.47. The maximum Gasteiger partial charge on any atom is 0.416 e. The van der Waals surface area contributed by atoms with Gasteiger partial charge in [0.1, 0.15) is 6.04 Å². The molecule has 6 nitrogen and oxygen atoms in total. The molecular weight excluding hydrogens is 433 g/mol. The average Bonchev–Trinajstić information content (AvgIpc) is 2.69. The summed E-state index contributed by atoms with van der Waals surface area (Å²) in [5, 5.41) is 11.9. The zero-order chi connectivity index (χ0) is 23.4. The molecule has 2 aromatic carbocycles. The number of carbonyl (C=O) groups excluding carboxylic acids is 1. The topological polar surface area (TPSA) is 95.5 Å². The summed E-state index contributed by atoms with van der Waals surface area (Å²) in [5.74, 6) is -0.808. The summed E-state index contributed by atoms with van der Waals surface area (Å²) in [7, 11) is -4.08. The minimum atomic E-state index is -4.47. The van der Waals surface area contributed by atoms with Gasteiger partial charge in [-0.3, -0.25) is 4.79 Å². The van der Waals surface area contributed by atoms with E-state index in [9.17, 15) is 31.5 Å². The standard InChI is InChI=1S/C21H25F3N2O4S/c1-20(2,3)15-8-10-17(11-9-15)31(29,30)26-18(13-27)19(28)25-12-14-4-6-16(7-5-14)21(22,23)24/h4-11,18,26-27H,12-13H2,1-3H3,(H,25,28)/t18-/m0/s1. The van der Waals surface area contributed by atoms with Crippen LogP contribution in [0.25, 0.3) is 0 Å². The Morgan fingerprint density at radius 1 is 0.968 bits per heavy atom. The lowest BCUT2D eigenvalue weighted by molar-refractivity contribution is -0.137. The van der Waals surface area contributed by atoms with Crippen molar-refractivity contribution in [1.82, 2.24) is 10.0 Å². The molecule has 0 aromatic heterocycles. The van der Waals surface area contributed by atoms with Crippen molar-refractivity contribution in [2.45, 2.75) is 49.8 Å². The number of aliphatic hydroxyl groups excluding tert-OH is 1. The molecule has 2 aromatic rings. The molecule has 0 saturated carbocycles. The minimum Gasteiger partial charge on any atom is -0.394 e. The molecule has 31 heavy (non-hydrogen) atoms. The fraction of sp³-hybridized carbons (Fsp3) is 0.381. The highest BCUT2D eigenvalue weighted by molar-refractivity contribution is 7.89. The van der Waals surface area contributed by atoms with Crippen LogP contribution in [-0.2, 0) is 33.0 Å². The van der Waals surface area contributed by atoms with Crippen LogP contribution in [0, 0.1) is 0 Å². The number of hydrogen-bond donors (Lipinski definition) is 3. The van der Waals surface area contributed by atoms with E-state index in [1.165, 1.54) is 24.3 Å². The second-order valence-corrected chi connectivity index (χ2v) is 9.76. The van der Waals surface area contributed by atoms with E-state index in [0.717, 1.165) is 17.7 Å². The van der Waals surface area contributed by atoms with Gasteiger partial charge >= 0.3 is 6.18 Å². The zero-order valence-corrected chi connectivity index (χ0v) is 18.1. The largest absolute Gasteiger partial charge is 0.416 e. The number of carbonyl (C=O) groups is 1. The van der Waals surface area contributed by atoms with Crippen molar-refractivity contribution in [2.24, 2.45) is 0 Å². The molecule has 0 bridgehead atoms. The first-order valence-corrected chi connectivity index (χ1v) is 10.9. The molecule has 0 unspecified atom stereocenters. The van der Waals surface area contributed by atoms with Crippen molar-refractivity contribution in [1.29, 1.82) is 0 Å². The lowest BCUT2D eigenvalue weighted by Crippen LogP contribution is -2.48. The van der Waals surface area contributed by atoms with E-state index in [-0.39, 0.29) is 16.9 Å². The smallest absolute Gasteiger partial charge is 0.394 e. The number of amides is 1. The third-order valence-electron chi connectivity index (χ3n) is 4.58. The first-order chi connectivity index (χ1) is 14.2. The van der Waals surface area contributed by atoms with Gasteiger partial charge in [-0.2, -0.15) is 17.9 Å². The van der Waals surface area contributed by atoms with Gasteiger partial charge in [0.15, 0.2) is 0 Å². The number of aliphatic hydroxyl groups is 1. The van der Waals surface area contributed by atoms with Crippen LogP contribution in [0.1, 0.15) is 37.5 Å². The summed E-state index contributed by atoms with van der Waals surface area (Å²) in [6, 6.07) is 8.90. The number of benzene rings is 2. The number of hydrogen-bond acceptors (Lipinski definition) is 4. The van der Waals surface area contributed by atoms with Gasteiger partial charge in [0.2, 0.25) is 15.9 Å². The lowest BCUT2D eigenvalue weighted by atomic mass is 9.87. The van der Waals surface area contributed by atoms with Crippen molar-refractivity contribution < 1.29 is 31.5 Å². The van der Waals surface area contributed by atoms with E-state index >= 15 is 0 Å². The summed E-state index contributed by atoms with van der Waals surface area (Å²) in [6.45, 7) is 5.03. The second-order valence-electron chi connectivity index (χ2n) is 8.04. The van der Waals surface area contributed by atoms with E-state index < -0.39 is 40.3 Å². The van der Waals surface area contributed by atoms with Crippen molar-refractivity contribution in [3.8, 4) is 0 Å². The van der Waals surface area contributed by atoms with Gasteiger partial charge in [-0.1, -0.05) is 45.0 Å². The number of halogens is 3. The van der Waals surface area contributed by atoms with Crippen LogP contribution in [0.3, 0.4) is 0 Å². The fourth-order valence-electron chi connectivity index (χ4n) is 2.69. The molecule has 3 N–H and O–H groups in total. The Morgan fingerprint density at radius 3 is 1.94 bits per heavy atom. The third-order valence-corrected chi connectivity index (χ3v) is 6.06. The van der Waals surface area contributed by atoms with Gasteiger partial charge in [0, 0.05) is 6.54 Å². The van der Waals surface area contributed by atoms with Crippen LogP contribution in [-0.4, -0.2) is 32.1 Å². The summed E-state index contributed by atoms with van der Waals surface area (Å²) < 4.78 is 65.1. The third kappa shape index (κ3) is 6.78. The summed E-state index contributed by atoms with van der Waals surface area (Å²) >= 11 is 0. The molecule has 0 saturated heterocycles. The molecule has 0 heterocycles. The van der Waals surface area contributed by atoms with E-state index in [4.69, 9.17) is 0 Å². The molecule has 0 aliphatic heterocycles. The predicted octanol–water partition coefficient (Wildman–Crippen LogP) is 2.96. The maximum atomic E-state index is 12.6. The molecule has 0 spiro atoms. The van der Waals surface area contributed by atoms with E-state index in [0.29, 0.717) is 5.56 Å². The Kier molecular flexibility index (Phi) is 7.51. The van der Waals surface area contributed by atoms with Crippen LogP contribution in [0.2, 0.25) is 0 Å². The average molecular weight is 459 g/mol. The maximum absolute atomic E-state index is 12.6. The Bertz CT molecular complexity index is 997. The van der Waals surface area contributed by atoms with E-state index in [1.807, 2.05) is 20.8 Å². The van der Waals surface area contributed by atoms with Crippen molar-refractivity contribution in [2.75, 3.05) is 6.61 Å². The Morgan fingerprint density at radius 2 is 1.48 bits per heavy atom. The summed E-state index contributed by atoms with van der Waals surface area (Å²) in [5.41, 5.74) is 0.334. The quantitative estimate of drug-likeness (QED) is 0.595. The molecule has 0 fully saturated rings. The zero-order valence-electron chi connectivity index (χ0n) is 17.3. The highest BCUT2D eigenvalue weighted by Crippen LogP contribution is 2.29.